The summed E-state index contributed by atoms with van der Waals surface area (Å²) in [4.78, 5) is 31.1. The first kappa shape index (κ1) is 20.5. The standard InChI is InChI=1S/C23H25F2N3O2/c24-18-8-4-9-19(25)21(18)23(30)27-14-12-26(13-15-27)22(29)20-10-5-11-28(20)16-17-6-2-1-3-7-17/h1-4,6-9,20H,5,10-16H2. The summed E-state index contributed by atoms with van der Waals surface area (Å²) in [5, 5.41) is 0. The maximum Gasteiger partial charge on any atom is 0.259 e. The molecule has 0 aromatic heterocycles. The second-order valence-corrected chi connectivity index (χ2v) is 7.83. The Morgan fingerprint density at radius 2 is 1.47 bits per heavy atom. The first-order valence-corrected chi connectivity index (χ1v) is 10.3. The molecule has 2 aromatic carbocycles. The van der Waals surface area contributed by atoms with Gasteiger partial charge in [0.25, 0.3) is 5.91 Å². The zero-order valence-corrected chi connectivity index (χ0v) is 16.8. The van der Waals surface area contributed by atoms with Gasteiger partial charge in [-0.25, -0.2) is 8.78 Å². The summed E-state index contributed by atoms with van der Waals surface area (Å²) >= 11 is 0. The second-order valence-electron chi connectivity index (χ2n) is 7.83. The molecule has 0 spiro atoms. The topological polar surface area (TPSA) is 43.9 Å². The number of likely N-dealkylation sites (tertiary alicyclic amines) is 1. The zero-order valence-electron chi connectivity index (χ0n) is 16.8. The van der Waals surface area contributed by atoms with Crippen LogP contribution in [-0.4, -0.2) is 65.3 Å². The van der Waals surface area contributed by atoms with Crippen LogP contribution in [-0.2, 0) is 11.3 Å². The molecule has 5 nitrogen and oxygen atoms in total. The van der Waals surface area contributed by atoms with Gasteiger partial charge in [-0.05, 0) is 37.1 Å². The Hall–Kier alpha value is -2.80. The number of halogens is 2. The van der Waals surface area contributed by atoms with Gasteiger partial charge in [0.2, 0.25) is 5.91 Å². The van der Waals surface area contributed by atoms with Crippen LogP contribution in [0.15, 0.2) is 48.5 Å². The minimum atomic E-state index is -0.860. The average molecular weight is 413 g/mol. The third kappa shape index (κ3) is 4.21. The lowest BCUT2D eigenvalue weighted by atomic mass is 10.1. The first-order chi connectivity index (χ1) is 14.5. The predicted molar refractivity (Wildman–Crippen MR) is 109 cm³/mol. The van der Waals surface area contributed by atoms with E-state index in [0.29, 0.717) is 13.1 Å². The number of hydrogen-bond acceptors (Lipinski definition) is 3. The molecule has 2 aliphatic rings. The van der Waals surface area contributed by atoms with Crippen molar-refractivity contribution >= 4 is 11.8 Å². The number of hydrogen-bond donors (Lipinski definition) is 0. The summed E-state index contributed by atoms with van der Waals surface area (Å²) in [6, 6.07) is 13.3. The largest absolute Gasteiger partial charge is 0.338 e. The lowest BCUT2D eigenvalue weighted by Gasteiger charge is -2.37. The van der Waals surface area contributed by atoms with E-state index >= 15 is 0 Å². The molecule has 2 aromatic rings. The Balaban J connectivity index is 1.36. The normalized spacial score (nSPS) is 19.9. The van der Waals surface area contributed by atoms with E-state index in [2.05, 4.69) is 17.0 Å². The minimum absolute atomic E-state index is 0.0765. The fraction of sp³-hybridized carbons (Fsp3) is 0.391. The summed E-state index contributed by atoms with van der Waals surface area (Å²) < 4.78 is 27.9. The molecule has 2 saturated heterocycles. The van der Waals surface area contributed by atoms with Gasteiger partial charge in [-0.15, -0.1) is 0 Å². The van der Waals surface area contributed by atoms with Crippen molar-refractivity contribution in [1.82, 2.24) is 14.7 Å². The zero-order chi connectivity index (χ0) is 21.1. The van der Waals surface area contributed by atoms with Crippen molar-refractivity contribution in [2.75, 3.05) is 32.7 Å². The Labute approximate surface area is 174 Å². The van der Waals surface area contributed by atoms with E-state index in [4.69, 9.17) is 0 Å². The Bertz CT molecular complexity index is 894. The number of nitrogens with zero attached hydrogens (tertiary/aromatic N) is 3. The molecule has 2 aliphatic heterocycles. The molecule has 158 valence electrons. The van der Waals surface area contributed by atoms with Gasteiger partial charge in [0.15, 0.2) is 0 Å². The average Bonchev–Trinajstić information content (AvgIpc) is 3.22. The molecule has 30 heavy (non-hydrogen) atoms. The van der Waals surface area contributed by atoms with Crippen molar-refractivity contribution in [2.24, 2.45) is 0 Å². The first-order valence-electron chi connectivity index (χ1n) is 10.3. The Kier molecular flexibility index (Phi) is 6.08. The number of benzene rings is 2. The number of amides is 2. The molecule has 0 radical (unpaired) electrons. The van der Waals surface area contributed by atoms with Gasteiger partial charge >= 0.3 is 0 Å². The molecular formula is C23H25F2N3O2. The number of carbonyl (C=O) groups is 2. The molecule has 7 heteroatoms. The Morgan fingerprint density at radius 3 is 2.13 bits per heavy atom. The van der Waals surface area contributed by atoms with Gasteiger partial charge in [0.1, 0.15) is 17.2 Å². The van der Waals surface area contributed by atoms with Crippen LogP contribution in [0.2, 0.25) is 0 Å². The molecule has 0 N–H and O–H groups in total. The van der Waals surface area contributed by atoms with Crippen molar-refractivity contribution in [3.05, 3.63) is 71.3 Å². The van der Waals surface area contributed by atoms with E-state index in [9.17, 15) is 18.4 Å². The third-order valence-electron chi connectivity index (χ3n) is 5.93. The predicted octanol–water partition coefficient (Wildman–Crippen LogP) is 2.91. The van der Waals surface area contributed by atoms with Crippen LogP contribution in [0.25, 0.3) is 0 Å². The minimum Gasteiger partial charge on any atom is -0.338 e. The highest BCUT2D eigenvalue weighted by Gasteiger charge is 2.35. The van der Waals surface area contributed by atoms with Gasteiger partial charge in [-0.2, -0.15) is 0 Å². The quantitative estimate of drug-likeness (QED) is 0.774. The molecule has 0 bridgehead atoms. The summed E-state index contributed by atoms with van der Waals surface area (Å²) in [6.45, 7) is 2.90. The van der Waals surface area contributed by atoms with E-state index in [1.807, 2.05) is 18.2 Å². The van der Waals surface area contributed by atoms with Crippen molar-refractivity contribution in [1.29, 1.82) is 0 Å². The lowest BCUT2D eigenvalue weighted by Crippen LogP contribution is -2.54. The third-order valence-corrected chi connectivity index (χ3v) is 5.93. The van der Waals surface area contributed by atoms with Gasteiger partial charge in [-0.1, -0.05) is 36.4 Å². The van der Waals surface area contributed by atoms with E-state index in [-0.39, 0.29) is 25.0 Å². The van der Waals surface area contributed by atoms with Gasteiger partial charge in [0, 0.05) is 32.7 Å². The molecule has 2 fully saturated rings. The van der Waals surface area contributed by atoms with Crippen molar-refractivity contribution in [3.8, 4) is 0 Å². The highest BCUT2D eigenvalue weighted by Crippen LogP contribution is 2.23. The van der Waals surface area contributed by atoms with Crippen LogP contribution in [0.1, 0.15) is 28.8 Å². The molecular weight excluding hydrogens is 388 g/mol. The molecule has 0 aliphatic carbocycles. The SMILES string of the molecule is O=C(c1c(F)cccc1F)N1CCN(C(=O)C2CCCN2Cc2ccccc2)CC1. The van der Waals surface area contributed by atoms with Gasteiger partial charge in [0.05, 0.1) is 6.04 Å². The fourth-order valence-corrected chi connectivity index (χ4v) is 4.31. The van der Waals surface area contributed by atoms with Crippen LogP contribution in [0.5, 0.6) is 0 Å². The molecule has 1 unspecified atom stereocenters. The fourth-order valence-electron chi connectivity index (χ4n) is 4.31. The summed E-state index contributed by atoms with van der Waals surface area (Å²) in [7, 11) is 0. The highest BCUT2D eigenvalue weighted by molar-refractivity contribution is 5.95. The molecule has 0 saturated carbocycles. The summed E-state index contributed by atoms with van der Waals surface area (Å²) in [5.41, 5.74) is 0.654. The molecule has 4 rings (SSSR count). The summed E-state index contributed by atoms with van der Waals surface area (Å²) in [5.74, 6) is -2.31. The van der Waals surface area contributed by atoms with E-state index in [1.54, 1.807) is 4.90 Å². The Morgan fingerprint density at radius 1 is 0.833 bits per heavy atom. The lowest BCUT2D eigenvalue weighted by molar-refractivity contribution is -0.137. The van der Waals surface area contributed by atoms with Crippen LogP contribution >= 0.6 is 0 Å². The monoisotopic (exact) mass is 413 g/mol. The second kappa shape index (κ2) is 8.92. The maximum atomic E-state index is 13.9. The van der Waals surface area contributed by atoms with E-state index in [1.165, 1.54) is 16.5 Å². The van der Waals surface area contributed by atoms with Crippen molar-refractivity contribution in [3.63, 3.8) is 0 Å². The maximum absolute atomic E-state index is 13.9. The smallest absolute Gasteiger partial charge is 0.259 e. The van der Waals surface area contributed by atoms with Crippen LogP contribution in [0, 0.1) is 11.6 Å². The van der Waals surface area contributed by atoms with Crippen LogP contribution < -0.4 is 0 Å². The number of carbonyl (C=O) groups excluding carboxylic acids is 2. The van der Waals surface area contributed by atoms with Crippen molar-refractivity contribution in [2.45, 2.75) is 25.4 Å². The van der Waals surface area contributed by atoms with Gasteiger partial charge < -0.3 is 9.80 Å². The van der Waals surface area contributed by atoms with Gasteiger partial charge in [-0.3, -0.25) is 14.5 Å². The molecule has 2 amide bonds. The van der Waals surface area contributed by atoms with Crippen molar-refractivity contribution < 1.29 is 18.4 Å². The van der Waals surface area contributed by atoms with Crippen LogP contribution in [0.3, 0.4) is 0 Å². The van der Waals surface area contributed by atoms with E-state index < -0.39 is 23.1 Å². The number of rotatable bonds is 4. The molecule has 1 atom stereocenters. The highest BCUT2D eigenvalue weighted by atomic mass is 19.1. The number of piperazine rings is 1. The van der Waals surface area contributed by atoms with Crippen LogP contribution in [0.4, 0.5) is 8.78 Å². The molecule has 2 heterocycles. The summed E-state index contributed by atoms with van der Waals surface area (Å²) in [6.07, 6.45) is 1.81. The van der Waals surface area contributed by atoms with E-state index in [0.717, 1.165) is 38.1 Å².